The molecule has 2 aromatic rings. The molecule has 0 radical (unpaired) electrons. The zero-order valence-corrected chi connectivity index (χ0v) is 14.0. The number of nitrogens with zero attached hydrogens (tertiary/aromatic N) is 4. The van der Waals surface area contributed by atoms with Gasteiger partial charge in [-0.3, -0.25) is 4.57 Å². The standard InChI is InChI=1S/C14H22FN5O5/c1-3-24-12-10-11(18-13(16)19-12)20(7-17-10)9(4-21)25-14(5-15,6-22)8(2)23/h7-9,21-23H,3-6H2,1-2H3,(H2,16,18,19)/t8-,9+,14+/m0/s1. The summed E-state index contributed by atoms with van der Waals surface area (Å²) in [5.74, 6) is 0.0821. The molecule has 2 heterocycles. The minimum atomic E-state index is -1.90. The van der Waals surface area contributed by atoms with Crippen LogP contribution in [0.5, 0.6) is 5.88 Å². The Morgan fingerprint density at radius 3 is 2.64 bits per heavy atom. The van der Waals surface area contributed by atoms with Gasteiger partial charge in [-0.15, -0.1) is 0 Å². The van der Waals surface area contributed by atoms with E-state index in [0.717, 1.165) is 0 Å². The third-order valence-corrected chi connectivity index (χ3v) is 3.78. The minimum Gasteiger partial charge on any atom is -0.476 e. The fraction of sp³-hybridized carbons (Fsp3) is 0.643. The number of aliphatic hydroxyl groups is 3. The van der Waals surface area contributed by atoms with Gasteiger partial charge in [0.05, 0.1) is 32.3 Å². The van der Waals surface area contributed by atoms with Gasteiger partial charge in [-0.05, 0) is 13.8 Å². The number of rotatable bonds is 9. The van der Waals surface area contributed by atoms with E-state index in [1.165, 1.54) is 17.8 Å². The van der Waals surface area contributed by atoms with Gasteiger partial charge < -0.3 is 30.5 Å². The number of hydrogen-bond acceptors (Lipinski definition) is 9. The van der Waals surface area contributed by atoms with Crippen LogP contribution in [-0.2, 0) is 4.74 Å². The first kappa shape index (κ1) is 19.2. The van der Waals surface area contributed by atoms with E-state index < -0.39 is 37.8 Å². The van der Waals surface area contributed by atoms with Gasteiger partial charge in [-0.2, -0.15) is 9.97 Å². The zero-order valence-electron chi connectivity index (χ0n) is 14.0. The Balaban J connectivity index is 2.47. The molecule has 0 amide bonds. The lowest BCUT2D eigenvalue weighted by Crippen LogP contribution is -2.50. The second-order valence-electron chi connectivity index (χ2n) is 5.43. The summed E-state index contributed by atoms with van der Waals surface area (Å²) in [6, 6.07) is 0. The third-order valence-electron chi connectivity index (χ3n) is 3.78. The second kappa shape index (κ2) is 7.87. The molecule has 0 aliphatic heterocycles. The number of nitrogen functional groups attached to an aromatic ring is 1. The van der Waals surface area contributed by atoms with E-state index in [0.29, 0.717) is 6.61 Å². The van der Waals surface area contributed by atoms with Gasteiger partial charge in [0.1, 0.15) is 12.3 Å². The lowest BCUT2D eigenvalue weighted by molar-refractivity contribution is -0.207. The summed E-state index contributed by atoms with van der Waals surface area (Å²) < 4.78 is 25.6. The first-order valence-electron chi connectivity index (χ1n) is 7.68. The zero-order chi connectivity index (χ0) is 18.6. The number of halogens is 1. The van der Waals surface area contributed by atoms with Crippen molar-refractivity contribution in [3.63, 3.8) is 0 Å². The second-order valence-corrected chi connectivity index (χ2v) is 5.43. The van der Waals surface area contributed by atoms with E-state index in [1.807, 2.05) is 0 Å². The van der Waals surface area contributed by atoms with Crippen LogP contribution in [0.1, 0.15) is 20.1 Å². The average molecular weight is 359 g/mol. The monoisotopic (exact) mass is 359 g/mol. The van der Waals surface area contributed by atoms with Crippen molar-refractivity contribution >= 4 is 17.1 Å². The number of hydrogen-bond donors (Lipinski definition) is 4. The van der Waals surface area contributed by atoms with Crippen molar-refractivity contribution in [2.45, 2.75) is 31.8 Å². The van der Waals surface area contributed by atoms with Crippen molar-refractivity contribution in [1.29, 1.82) is 0 Å². The van der Waals surface area contributed by atoms with E-state index in [-0.39, 0.29) is 23.0 Å². The van der Waals surface area contributed by atoms with Gasteiger partial charge in [0.25, 0.3) is 0 Å². The van der Waals surface area contributed by atoms with Crippen LogP contribution in [-0.4, -0.2) is 73.0 Å². The molecule has 5 N–H and O–H groups in total. The molecule has 0 saturated heterocycles. The lowest BCUT2D eigenvalue weighted by Gasteiger charge is -2.35. The molecule has 140 valence electrons. The lowest BCUT2D eigenvalue weighted by atomic mass is 10.0. The van der Waals surface area contributed by atoms with Crippen LogP contribution in [0.3, 0.4) is 0 Å². The van der Waals surface area contributed by atoms with Crippen LogP contribution >= 0.6 is 0 Å². The van der Waals surface area contributed by atoms with Crippen LogP contribution < -0.4 is 10.5 Å². The molecular formula is C14H22FN5O5. The Hall–Kier alpha value is -2.08. The van der Waals surface area contributed by atoms with E-state index >= 15 is 0 Å². The molecule has 2 aromatic heterocycles. The van der Waals surface area contributed by atoms with Crippen molar-refractivity contribution < 1.29 is 29.2 Å². The van der Waals surface area contributed by atoms with Gasteiger partial charge in [-0.1, -0.05) is 0 Å². The highest BCUT2D eigenvalue weighted by atomic mass is 19.1. The molecule has 2 rings (SSSR count). The number of imidazole rings is 1. The molecule has 3 atom stereocenters. The summed E-state index contributed by atoms with van der Waals surface area (Å²) in [4.78, 5) is 12.1. The highest BCUT2D eigenvalue weighted by Crippen LogP contribution is 2.28. The van der Waals surface area contributed by atoms with E-state index in [2.05, 4.69) is 15.0 Å². The van der Waals surface area contributed by atoms with Crippen LogP contribution in [0, 0.1) is 0 Å². The quantitative estimate of drug-likeness (QED) is 0.460. The minimum absolute atomic E-state index is 0.0798. The van der Waals surface area contributed by atoms with Gasteiger partial charge in [0, 0.05) is 0 Å². The molecule has 0 fully saturated rings. The van der Waals surface area contributed by atoms with Crippen LogP contribution in [0.2, 0.25) is 0 Å². The van der Waals surface area contributed by atoms with Gasteiger partial charge >= 0.3 is 0 Å². The smallest absolute Gasteiger partial charge is 0.247 e. The molecule has 0 aliphatic carbocycles. The fourth-order valence-corrected chi connectivity index (χ4v) is 2.26. The van der Waals surface area contributed by atoms with E-state index in [9.17, 15) is 19.7 Å². The van der Waals surface area contributed by atoms with Crippen molar-refractivity contribution in [1.82, 2.24) is 19.5 Å². The summed E-state index contributed by atoms with van der Waals surface area (Å²) in [5, 5.41) is 28.9. The molecule has 0 saturated carbocycles. The van der Waals surface area contributed by atoms with Crippen molar-refractivity contribution in [3.8, 4) is 5.88 Å². The summed E-state index contributed by atoms with van der Waals surface area (Å²) in [6.07, 6.45) is -1.21. The van der Waals surface area contributed by atoms with Crippen LogP contribution in [0.25, 0.3) is 11.2 Å². The molecule has 25 heavy (non-hydrogen) atoms. The van der Waals surface area contributed by atoms with Gasteiger partial charge in [-0.25, -0.2) is 9.37 Å². The summed E-state index contributed by atoms with van der Waals surface area (Å²) >= 11 is 0. The van der Waals surface area contributed by atoms with Gasteiger partial charge in [0.15, 0.2) is 17.4 Å². The third kappa shape index (κ3) is 3.63. The molecular weight excluding hydrogens is 337 g/mol. The molecule has 10 nitrogen and oxygen atoms in total. The first-order chi connectivity index (χ1) is 11.9. The molecule has 0 unspecified atom stereocenters. The van der Waals surface area contributed by atoms with E-state index in [4.69, 9.17) is 15.2 Å². The van der Waals surface area contributed by atoms with Crippen LogP contribution in [0.15, 0.2) is 6.33 Å². The number of ether oxygens (including phenoxy) is 2. The number of fused-ring (bicyclic) bond motifs is 1. The highest BCUT2D eigenvalue weighted by molar-refractivity contribution is 5.77. The number of anilines is 1. The number of nitrogens with two attached hydrogens (primary N) is 1. The maximum Gasteiger partial charge on any atom is 0.247 e. The van der Waals surface area contributed by atoms with Crippen molar-refractivity contribution in [3.05, 3.63) is 6.33 Å². The maximum absolute atomic E-state index is 13.4. The van der Waals surface area contributed by atoms with Crippen LogP contribution in [0.4, 0.5) is 10.3 Å². The molecule has 11 heteroatoms. The maximum atomic E-state index is 13.4. The Labute approximate surface area is 143 Å². The Morgan fingerprint density at radius 1 is 1.40 bits per heavy atom. The topological polar surface area (TPSA) is 149 Å². The highest BCUT2D eigenvalue weighted by Gasteiger charge is 2.39. The number of alkyl halides is 1. The molecule has 0 aromatic carbocycles. The molecule has 0 bridgehead atoms. The Morgan fingerprint density at radius 2 is 2.12 bits per heavy atom. The van der Waals surface area contributed by atoms with E-state index in [1.54, 1.807) is 6.92 Å². The number of aliphatic hydroxyl groups excluding tert-OH is 3. The first-order valence-corrected chi connectivity index (χ1v) is 7.68. The molecule has 0 aliphatic rings. The largest absolute Gasteiger partial charge is 0.476 e. The summed E-state index contributed by atoms with van der Waals surface area (Å²) in [6.45, 7) is 0.838. The normalized spacial score (nSPS) is 16.6. The van der Waals surface area contributed by atoms with Crippen molar-refractivity contribution in [2.75, 3.05) is 32.2 Å². The Kier molecular flexibility index (Phi) is 6.06. The van der Waals surface area contributed by atoms with Gasteiger partial charge in [0.2, 0.25) is 11.8 Å². The predicted molar refractivity (Wildman–Crippen MR) is 85.6 cm³/mol. The SMILES string of the molecule is CCOc1nc(N)nc2c1ncn2[C@@H](CO)O[C@@](CO)(CF)[C@H](C)O. The van der Waals surface area contributed by atoms with Crippen molar-refractivity contribution in [2.24, 2.45) is 0 Å². The summed E-state index contributed by atoms with van der Waals surface area (Å²) in [5.41, 5.74) is 4.25. The predicted octanol–water partition coefficient (Wildman–Crippen LogP) is -0.604. The average Bonchev–Trinajstić information content (AvgIpc) is 3.00. The summed E-state index contributed by atoms with van der Waals surface area (Å²) in [7, 11) is 0. The Bertz CT molecular complexity index is 706. The number of aromatic nitrogens is 4. The fourth-order valence-electron chi connectivity index (χ4n) is 2.26. The molecule has 0 spiro atoms.